The van der Waals surface area contributed by atoms with Crippen LogP contribution in [0.25, 0.3) is 0 Å². The van der Waals surface area contributed by atoms with E-state index in [2.05, 4.69) is 48.5 Å². The minimum atomic E-state index is -0.360. The molecule has 3 rings (SSSR count). The highest BCUT2D eigenvalue weighted by Gasteiger charge is 2.11. The van der Waals surface area contributed by atoms with E-state index in [1.54, 1.807) is 24.3 Å². The molecule has 3 aromatic carbocycles. The van der Waals surface area contributed by atoms with Gasteiger partial charge in [0.15, 0.2) is 0 Å². The van der Waals surface area contributed by atoms with Gasteiger partial charge in [-0.3, -0.25) is 0 Å². The monoisotopic (exact) mass is 458 g/mol. The van der Waals surface area contributed by atoms with Crippen molar-refractivity contribution in [1.29, 1.82) is 0 Å². The number of aryl methyl sites for hydroxylation is 2. The molecule has 4 heteroatoms. The lowest BCUT2D eigenvalue weighted by molar-refractivity contribution is 0.0483. The molecule has 3 aromatic rings. The van der Waals surface area contributed by atoms with Crippen LogP contribution in [0.1, 0.15) is 70.4 Å². The summed E-state index contributed by atoms with van der Waals surface area (Å²) in [5, 5.41) is 0. The zero-order valence-electron chi connectivity index (χ0n) is 19.8. The van der Waals surface area contributed by atoms with Gasteiger partial charge in [-0.25, -0.2) is 9.59 Å². The number of benzene rings is 3. The van der Waals surface area contributed by atoms with E-state index in [9.17, 15) is 9.59 Å². The van der Waals surface area contributed by atoms with E-state index in [0.29, 0.717) is 24.3 Å². The molecular formula is C30H34O4. The standard InChI is InChI=1S/C30H34O4/c31-29(33-23-11-3-9-17-25-13-5-1-6-14-25)27-19-21-28(22-20-27)30(32)34-24-12-4-10-18-26-15-7-2-8-16-26/h1-2,5-8,13-16,19-22H,3-4,9-12,17-18,23-24H2. The Bertz CT molecular complexity index is 899. The summed E-state index contributed by atoms with van der Waals surface area (Å²) < 4.78 is 10.7. The molecule has 178 valence electrons. The lowest BCUT2D eigenvalue weighted by atomic mass is 10.1. The first-order valence-electron chi connectivity index (χ1n) is 12.2. The molecule has 0 bridgehead atoms. The predicted octanol–water partition coefficient (Wildman–Crippen LogP) is 6.83. The number of carbonyl (C=O) groups is 2. The van der Waals surface area contributed by atoms with Crippen molar-refractivity contribution in [3.8, 4) is 0 Å². The van der Waals surface area contributed by atoms with Crippen LogP contribution in [0.2, 0.25) is 0 Å². The molecule has 0 aromatic heterocycles. The van der Waals surface area contributed by atoms with Crippen LogP contribution in [0.15, 0.2) is 84.9 Å². The second-order valence-electron chi connectivity index (χ2n) is 8.44. The van der Waals surface area contributed by atoms with Crippen LogP contribution in [0.5, 0.6) is 0 Å². The Morgan fingerprint density at radius 3 is 1.24 bits per heavy atom. The maximum Gasteiger partial charge on any atom is 0.338 e. The van der Waals surface area contributed by atoms with Gasteiger partial charge in [-0.2, -0.15) is 0 Å². The molecule has 0 spiro atoms. The van der Waals surface area contributed by atoms with Crippen molar-refractivity contribution in [2.75, 3.05) is 13.2 Å². The highest BCUT2D eigenvalue weighted by molar-refractivity contribution is 5.93. The molecule has 0 radical (unpaired) electrons. The number of esters is 2. The number of rotatable bonds is 14. The van der Waals surface area contributed by atoms with E-state index in [1.807, 2.05) is 12.1 Å². The third-order valence-electron chi connectivity index (χ3n) is 5.73. The van der Waals surface area contributed by atoms with Gasteiger partial charge in [0.05, 0.1) is 24.3 Å². The Hall–Kier alpha value is -3.40. The van der Waals surface area contributed by atoms with Crippen LogP contribution < -0.4 is 0 Å². The highest BCUT2D eigenvalue weighted by atomic mass is 16.5. The quantitative estimate of drug-likeness (QED) is 0.196. The van der Waals surface area contributed by atoms with Crippen LogP contribution in [0.4, 0.5) is 0 Å². The second kappa shape index (κ2) is 14.7. The van der Waals surface area contributed by atoms with E-state index in [0.717, 1.165) is 51.4 Å². The third kappa shape index (κ3) is 9.22. The van der Waals surface area contributed by atoms with Crippen molar-refractivity contribution in [3.05, 3.63) is 107 Å². The second-order valence-corrected chi connectivity index (χ2v) is 8.44. The highest BCUT2D eigenvalue weighted by Crippen LogP contribution is 2.11. The molecule has 0 amide bonds. The van der Waals surface area contributed by atoms with Gasteiger partial charge in [-0.15, -0.1) is 0 Å². The maximum atomic E-state index is 12.2. The van der Waals surface area contributed by atoms with Crippen molar-refractivity contribution >= 4 is 11.9 Å². The van der Waals surface area contributed by atoms with Gasteiger partial charge < -0.3 is 9.47 Å². The number of ether oxygens (including phenoxy) is 2. The fraction of sp³-hybridized carbons (Fsp3) is 0.333. The zero-order valence-corrected chi connectivity index (χ0v) is 19.8. The molecule has 0 aliphatic rings. The van der Waals surface area contributed by atoms with Crippen molar-refractivity contribution in [1.82, 2.24) is 0 Å². The predicted molar refractivity (Wildman–Crippen MR) is 135 cm³/mol. The van der Waals surface area contributed by atoms with Crippen LogP contribution in [0, 0.1) is 0 Å². The fourth-order valence-electron chi connectivity index (χ4n) is 3.74. The van der Waals surface area contributed by atoms with Crippen LogP contribution >= 0.6 is 0 Å². The molecule has 0 N–H and O–H groups in total. The fourth-order valence-corrected chi connectivity index (χ4v) is 3.74. The molecule has 0 aliphatic heterocycles. The maximum absolute atomic E-state index is 12.2. The van der Waals surface area contributed by atoms with Crippen LogP contribution in [0.3, 0.4) is 0 Å². The minimum Gasteiger partial charge on any atom is -0.462 e. The first-order chi connectivity index (χ1) is 16.7. The van der Waals surface area contributed by atoms with E-state index in [1.165, 1.54) is 11.1 Å². The summed E-state index contributed by atoms with van der Waals surface area (Å²) in [6.45, 7) is 0.809. The average molecular weight is 459 g/mol. The van der Waals surface area contributed by atoms with Gasteiger partial charge >= 0.3 is 11.9 Å². The first-order valence-corrected chi connectivity index (χ1v) is 12.2. The Kier molecular flexibility index (Phi) is 10.9. The van der Waals surface area contributed by atoms with Gasteiger partial charge in [-0.1, -0.05) is 60.7 Å². The normalized spacial score (nSPS) is 10.6. The molecule has 0 fully saturated rings. The summed E-state index contributed by atoms with van der Waals surface area (Å²) in [5.41, 5.74) is 3.56. The molecule has 0 saturated heterocycles. The van der Waals surface area contributed by atoms with Gasteiger partial charge in [-0.05, 0) is 86.8 Å². The summed E-state index contributed by atoms with van der Waals surface area (Å²) in [6.07, 6.45) is 7.94. The Morgan fingerprint density at radius 1 is 0.471 bits per heavy atom. The first kappa shape index (κ1) is 25.2. The van der Waals surface area contributed by atoms with Crippen molar-refractivity contribution in [2.45, 2.75) is 51.4 Å². The Morgan fingerprint density at radius 2 is 0.853 bits per heavy atom. The summed E-state index contributed by atoms with van der Waals surface area (Å²) in [4.78, 5) is 24.4. The van der Waals surface area contributed by atoms with Crippen LogP contribution in [-0.2, 0) is 22.3 Å². The third-order valence-corrected chi connectivity index (χ3v) is 5.73. The van der Waals surface area contributed by atoms with Gasteiger partial charge in [0.25, 0.3) is 0 Å². The van der Waals surface area contributed by atoms with E-state index >= 15 is 0 Å². The lowest BCUT2D eigenvalue weighted by Gasteiger charge is -2.07. The summed E-state index contributed by atoms with van der Waals surface area (Å²) in [7, 11) is 0. The zero-order chi connectivity index (χ0) is 23.8. The van der Waals surface area contributed by atoms with Gasteiger partial charge in [0.1, 0.15) is 0 Å². The van der Waals surface area contributed by atoms with Gasteiger partial charge in [0, 0.05) is 0 Å². The van der Waals surface area contributed by atoms with E-state index in [-0.39, 0.29) is 11.9 Å². The molecule has 34 heavy (non-hydrogen) atoms. The lowest BCUT2D eigenvalue weighted by Crippen LogP contribution is -2.09. The van der Waals surface area contributed by atoms with Crippen LogP contribution in [-0.4, -0.2) is 25.2 Å². The smallest absolute Gasteiger partial charge is 0.338 e. The summed E-state index contributed by atoms with van der Waals surface area (Å²) in [6, 6.07) is 27.3. The Balaban J connectivity index is 1.25. The molecule has 0 saturated carbocycles. The number of hydrogen-bond donors (Lipinski definition) is 0. The Labute approximate surface area is 202 Å². The van der Waals surface area contributed by atoms with Gasteiger partial charge in [0.2, 0.25) is 0 Å². The average Bonchev–Trinajstić information content (AvgIpc) is 2.89. The summed E-state index contributed by atoms with van der Waals surface area (Å²) in [5.74, 6) is -0.720. The molecule has 0 atom stereocenters. The minimum absolute atomic E-state index is 0.360. The van der Waals surface area contributed by atoms with Crippen molar-refractivity contribution in [2.24, 2.45) is 0 Å². The number of unbranched alkanes of at least 4 members (excludes halogenated alkanes) is 4. The summed E-state index contributed by atoms with van der Waals surface area (Å²) >= 11 is 0. The van der Waals surface area contributed by atoms with E-state index in [4.69, 9.17) is 9.47 Å². The number of hydrogen-bond acceptors (Lipinski definition) is 4. The molecule has 0 heterocycles. The molecule has 0 aliphatic carbocycles. The topological polar surface area (TPSA) is 52.6 Å². The van der Waals surface area contributed by atoms with E-state index < -0.39 is 0 Å². The SMILES string of the molecule is O=C(OCCCCCc1ccccc1)c1ccc(C(=O)OCCCCCc2ccccc2)cc1. The largest absolute Gasteiger partial charge is 0.462 e. The molecule has 0 unspecified atom stereocenters. The molecular weight excluding hydrogens is 424 g/mol. The van der Waals surface area contributed by atoms with Crippen molar-refractivity contribution < 1.29 is 19.1 Å². The van der Waals surface area contributed by atoms with Crippen molar-refractivity contribution in [3.63, 3.8) is 0 Å². The number of carbonyl (C=O) groups excluding carboxylic acids is 2. The molecule has 4 nitrogen and oxygen atoms in total.